The maximum Gasteiger partial charge on any atom is 0.141 e. The van der Waals surface area contributed by atoms with Crippen LogP contribution in [0.5, 0.6) is 0 Å². The average Bonchev–Trinajstić information content (AvgIpc) is 2.47. The number of hydrogen-bond acceptors (Lipinski definition) is 4. The van der Waals surface area contributed by atoms with Crippen LogP contribution in [0, 0.1) is 5.82 Å². The van der Waals surface area contributed by atoms with Gasteiger partial charge in [0.15, 0.2) is 0 Å². The number of rotatable bonds is 11. The number of nitrogens with one attached hydrogen (secondary N) is 1. The number of halogens is 2. The minimum Gasteiger partial charge on any atom is -0.389 e. The molecule has 120 valence electrons. The van der Waals surface area contributed by atoms with Crippen molar-refractivity contribution >= 4 is 17.3 Å². The lowest BCUT2D eigenvalue weighted by atomic mass is 10.3. The summed E-state index contributed by atoms with van der Waals surface area (Å²) in [5, 5.41) is 12.8. The molecule has 6 heteroatoms. The van der Waals surface area contributed by atoms with E-state index in [2.05, 4.69) is 12.2 Å². The van der Waals surface area contributed by atoms with Crippen LogP contribution in [0.4, 0.5) is 10.1 Å². The molecule has 0 saturated heterocycles. The summed E-state index contributed by atoms with van der Waals surface area (Å²) in [6.45, 7) is 4.38. The van der Waals surface area contributed by atoms with Gasteiger partial charge in [-0.15, -0.1) is 0 Å². The first-order valence-electron chi connectivity index (χ1n) is 7.16. The van der Waals surface area contributed by atoms with Crippen LogP contribution in [0.15, 0.2) is 18.2 Å². The molecule has 0 heterocycles. The van der Waals surface area contributed by atoms with E-state index in [0.717, 1.165) is 19.4 Å². The van der Waals surface area contributed by atoms with Gasteiger partial charge in [-0.05, 0) is 24.6 Å². The Hall–Kier alpha value is -0.880. The van der Waals surface area contributed by atoms with Crippen LogP contribution in [0.2, 0.25) is 5.02 Å². The third kappa shape index (κ3) is 8.21. The first-order valence-corrected chi connectivity index (χ1v) is 7.53. The summed E-state index contributed by atoms with van der Waals surface area (Å²) in [7, 11) is 0. The highest BCUT2D eigenvalue weighted by molar-refractivity contribution is 6.31. The second-order valence-electron chi connectivity index (χ2n) is 4.70. The molecule has 1 unspecified atom stereocenters. The van der Waals surface area contributed by atoms with E-state index < -0.39 is 11.9 Å². The Morgan fingerprint density at radius 2 is 2.05 bits per heavy atom. The second kappa shape index (κ2) is 10.8. The van der Waals surface area contributed by atoms with E-state index in [1.54, 1.807) is 6.07 Å². The Bertz CT molecular complexity index is 407. The van der Waals surface area contributed by atoms with Crippen LogP contribution in [0.3, 0.4) is 0 Å². The minimum absolute atomic E-state index is 0.0509. The number of hydrogen-bond donors (Lipinski definition) is 2. The maximum absolute atomic E-state index is 13.0. The number of benzene rings is 1. The molecular weight excluding hydrogens is 297 g/mol. The van der Waals surface area contributed by atoms with E-state index in [4.69, 9.17) is 21.1 Å². The standard InChI is InChI=1S/C15H23ClFNO3/c1-2-3-6-20-7-8-21-11-13(19)10-18-12-4-5-15(17)14(16)9-12/h4-5,9,13,18-19H,2-3,6-8,10-11H2,1H3. The lowest BCUT2D eigenvalue weighted by molar-refractivity contribution is 0.00749. The van der Waals surface area contributed by atoms with E-state index >= 15 is 0 Å². The van der Waals surface area contributed by atoms with Crippen molar-refractivity contribution in [1.82, 2.24) is 0 Å². The highest BCUT2D eigenvalue weighted by Crippen LogP contribution is 2.19. The molecule has 0 aliphatic carbocycles. The summed E-state index contributed by atoms with van der Waals surface area (Å²) in [6, 6.07) is 4.32. The molecule has 1 rings (SSSR count). The predicted octanol–water partition coefficient (Wildman–Crippen LogP) is 3.09. The maximum atomic E-state index is 13.0. The average molecular weight is 320 g/mol. The number of ether oxygens (including phenoxy) is 2. The van der Waals surface area contributed by atoms with Crippen LogP contribution < -0.4 is 5.32 Å². The van der Waals surface area contributed by atoms with Crippen molar-refractivity contribution in [2.75, 3.05) is 38.3 Å². The van der Waals surface area contributed by atoms with Crippen molar-refractivity contribution in [3.8, 4) is 0 Å². The van der Waals surface area contributed by atoms with Crippen molar-refractivity contribution < 1.29 is 19.0 Å². The molecule has 4 nitrogen and oxygen atoms in total. The third-order valence-electron chi connectivity index (χ3n) is 2.79. The normalized spacial score (nSPS) is 12.4. The lowest BCUT2D eigenvalue weighted by Gasteiger charge is -2.13. The Morgan fingerprint density at radius 3 is 2.76 bits per heavy atom. The molecule has 1 atom stereocenters. The van der Waals surface area contributed by atoms with Crippen LogP contribution in [-0.4, -0.2) is 44.2 Å². The smallest absolute Gasteiger partial charge is 0.141 e. The Kier molecular flexibility index (Phi) is 9.34. The summed E-state index contributed by atoms with van der Waals surface area (Å²) in [4.78, 5) is 0. The highest BCUT2D eigenvalue weighted by Gasteiger charge is 2.05. The van der Waals surface area contributed by atoms with E-state index in [9.17, 15) is 9.50 Å². The number of unbranched alkanes of at least 4 members (excludes halogenated alkanes) is 1. The fourth-order valence-corrected chi connectivity index (χ4v) is 1.77. The first kappa shape index (κ1) is 18.2. The monoisotopic (exact) mass is 319 g/mol. The molecule has 0 fully saturated rings. The van der Waals surface area contributed by atoms with Gasteiger partial charge in [-0.2, -0.15) is 0 Å². The van der Waals surface area contributed by atoms with Crippen LogP contribution >= 0.6 is 11.6 Å². The van der Waals surface area contributed by atoms with Gasteiger partial charge in [0.1, 0.15) is 5.82 Å². The molecule has 0 aromatic heterocycles. The number of anilines is 1. The first-order chi connectivity index (χ1) is 10.1. The van der Waals surface area contributed by atoms with Gasteiger partial charge in [0.05, 0.1) is 30.9 Å². The Labute approximate surface area is 130 Å². The number of aliphatic hydroxyl groups excluding tert-OH is 1. The zero-order valence-corrected chi connectivity index (χ0v) is 13.0. The van der Waals surface area contributed by atoms with E-state index in [1.807, 2.05) is 0 Å². The summed E-state index contributed by atoms with van der Waals surface area (Å²) in [5.74, 6) is -0.464. The Morgan fingerprint density at radius 1 is 1.29 bits per heavy atom. The zero-order chi connectivity index (χ0) is 15.5. The van der Waals surface area contributed by atoms with E-state index in [-0.39, 0.29) is 11.6 Å². The van der Waals surface area contributed by atoms with Gasteiger partial charge in [0.25, 0.3) is 0 Å². The molecule has 1 aromatic rings. The van der Waals surface area contributed by atoms with Crippen LogP contribution in [0.25, 0.3) is 0 Å². The fourth-order valence-electron chi connectivity index (χ4n) is 1.59. The van der Waals surface area contributed by atoms with Gasteiger partial charge >= 0.3 is 0 Å². The van der Waals surface area contributed by atoms with Crippen LogP contribution in [0.1, 0.15) is 19.8 Å². The van der Waals surface area contributed by atoms with Gasteiger partial charge in [-0.1, -0.05) is 24.9 Å². The lowest BCUT2D eigenvalue weighted by Crippen LogP contribution is -2.25. The van der Waals surface area contributed by atoms with Gasteiger partial charge in [0, 0.05) is 18.8 Å². The van der Waals surface area contributed by atoms with Crippen LogP contribution in [-0.2, 0) is 9.47 Å². The fraction of sp³-hybridized carbons (Fsp3) is 0.600. The largest absolute Gasteiger partial charge is 0.389 e. The molecular formula is C15H23ClFNO3. The molecule has 0 radical (unpaired) electrons. The molecule has 0 aliphatic rings. The zero-order valence-electron chi connectivity index (χ0n) is 12.3. The van der Waals surface area contributed by atoms with Gasteiger partial charge < -0.3 is 19.9 Å². The molecule has 0 saturated carbocycles. The van der Waals surface area contributed by atoms with Crippen molar-refractivity contribution in [1.29, 1.82) is 0 Å². The van der Waals surface area contributed by atoms with Crippen molar-refractivity contribution in [2.45, 2.75) is 25.9 Å². The van der Waals surface area contributed by atoms with Crippen molar-refractivity contribution in [3.63, 3.8) is 0 Å². The Balaban J connectivity index is 2.08. The minimum atomic E-state index is -0.649. The molecule has 21 heavy (non-hydrogen) atoms. The van der Waals surface area contributed by atoms with Crippen molar-refractivity contribution in [2.24, 2.45) is 0 Å². The van der Waals surface area contributed by atoms with Gasteiger partial charge in [-0.25, -0.2) is 4.39 Å². The van der Waals surface area contributed by atoms with E-state index in [1.165, 1.54) is 12.1 Å². The van der Waals surface area contributed by atoms with Crippen molar-refractivity contribution in [3.05, 3.63) is 29.0 Å². The predicted molar refractivity (Wildman–Crippen MR) is 82.5 cm³/mol. The molecule has 1 aromatic carbocycles. The van der Waals surface area contributed by atoms with E-state index in [0.29, 0.717) is 25.4 Å². The van der Waals surface area contributed by atoms with Gasteiger partial charge in [-0.3, -0.25) is 0 Å². The second-order valence-corrected chi connectivity index (χ2v) is 5.11. The SMILES string of the molecule is CCCCOCCOCC(O)CNc1ccc(F)c(Cl)c1. The van der Waals surface area contributed by atoms with Gasteiger partial charge in [0.2, 0.25) is 0 Å². The third-order valence-corrected chi connectivity index (χ3v) is 3.08. The quantitative estimate of drug-likeness (QED) is 0.615. The summed E-state index contributed by atoms with van der Waals surface area (Å²) in [5.41, 5.74) is 0.656. The highest BCUT2D eigenvalue weighted by atomic mass is 35.5. The molecule has 0 aliphatic heterocycles. The number of aliphatic hydroxyl groups is 1. The summed E-state index contributed by atoms with van der Waals surface area (Å²) in [6.07, 6.45) is 1.51. The molecule has 2 N–H and O–H groups in total. The molecule has 0 bridgehead atoms. The molecule has 0 spiro atoms. The summed E-state index contributed by atoms with van der Waals surface area (Å²) >= 11 is 5.67. The molecule has 0 amide bonds. The topological polar surface area (TPSA) is 50.7 Å². The summed E-state index contributed by atoms with van der Waals surface area (Å²) < 4.78 is 23.6.